The van der Waals surface area contributed by atoms with E-state index in [-0.39, 0.29) is 11.6 Å². The van der Waals surface area contributed by atoms with E-state index in [2.05, 4.69) is 22.1 Å². The fraction of sp³-hybridized carbons (Fsp3) is 0.148. The lowest BCUT2D eigenvalue weighted by atomic mass is 9.87. The first-order valence-electron chi connectivity index (χ1n) is 11.3. The fourth-order valence-electron chi connectivity index (χ4n) is 4.50. The van der Waals surface area contributed by atoms with Crippen molar-refractivity contribution in [2.45, 2.75) is 12.3 Å². The van der Waals surface area contributed by atoms with Crippen LogP contribution in [-0.4, -0.2) is 24.1 Å². The molecule has 0 aliphatic rings. The molecule has 182 valence electrons. The number of nitrogens with zero attached hydrogens (tertiary/aromatic N) is 1. The Morgan fingerprint density at radius 2 is 1.83 bits per heavy atom. The first kappa shape index (κ1) is 23.4. The van der Waals surface area contributed by atoms with Crippen LogP contribution >= 0.6 is 11.3 Å². The molecular formula is C27H25N4O4S+. The number of nitrogen functional groups attached to an aromatic ring is 1. The van der Waals surface area contributed by atoms with Crippen molar-refractivity contribution in [3.05, 3.63) is 99.7 Å². The molecule has 0 aliphatic carbocycles. The van der Waals surface area contributed by atoms with Gasteiger partial charge in [0.15, 0.2) is 0 Å². The number of hydrogen-bond donors (Lipinski definition) is 2. The van der Waals surface area contributed by atoms with Gasteiger partial charge in [-0.1, -0.05) is 30.3 Å². The van der Waals surface area contributed by atoms with Crippen LogP contribution in [-0.2, 0) is 6.42 Å². The summed E-state index contributed by atoms with van der Waals surface area (Å²) in [6.07, 6.45) is 0.455. The molecule has 0 saturated carbocycles. The van der Waals surface area contributed by atoms with Gasteiger partial charge in [0.05, 0.1) is 30.8 Å². The minimum Gasteiger partial charge on any atom is -0.497 e. The smallest absolute Gasteiger partial charge is 0.330 e. The third kappa shape index (κ3) is 4.48. The lowest BCUT2D eigenvalue weighted by Crippen LogP contribution is -2.18. The van der Waals surface area contributed by atoms with E-state index < -0.39 is 4.92 Å². The number of benzene rings is 3. The molecule has 5 aromatic rings. The Morgan fingerprint density at radius 3 is 2.53 bits per heavy atom. The Hall–Kier alpha value is -4.37. The van der Waals surface area contributed by atoms with Crippen LogP contribution in [0.5, 0.6) is 11.5 Å². The Kier molecular flexibility index (Phi) is 6.30. The number of ether oxygens (including phenoxy) is 2. The molecule has 1 atom stereocenters. The van der Waals surface area contributed by atoms with Crippen LogP contribution < -0.4 is 20.2 Å². The number of aromatic nitrogens is 2. The summed E-state index contributed by atoms with van der Waals surface area (Å²) in [7, 11) is 3.19. The highest BCUT2D eigenvalue weighted by atomic mass is 32.1. The molecule has 0 fully saturated rings. The predicted octanol–water partition coefficient (Wildman–Crippen LogP) is 5.59. The second kappa shape index (κ2) is 9.71. The van der Waals surface area contributed by atoms with E-state index in [1.54, 1.807) is 26.4 Å². The number of hydrogen-bond acceptors (Lipinski definition) is 6. The quantitative estimate of drug-likeness (QED) is 0.212. The molecule has 4 N–H and O–H groups in total. The molecule has 0 bridgehead atoms. The monoisotopic (exact) mass is 501 g/mol. The van der Waals surface area contributed by atoms with Gasteiger partial charge in [0, 0.05) is 28.6 Å². The van der Waals surface area contributed by atoms with Crippen molar-refractivity contribution in [1.82, 2.24) is 4.98 Å². The van der Waals surface area contributed by atoms with E-state index >= 15 is 0 Å². The number of rotatable bonds is 8. The number of methoxy groups -OCH3 is 2. The third-order valence-electron chi connectivity index (χ3n) is 6.25. The SMILES string of the molecule is COc1ccc(C(Cc2cc([N+](=O)[O-])ccc2OC)c2[nH+]c(N)sc2-c2cc3ccccc3[nH]2)cc1. The lowest BCUT2D eigenvalue weighted by Gasteiger charge is -2.18. The van der Waals surface area contributed by atoms with Crippen LogP contribution in [0.2, 0.25) is 0 Å². The molecule has 0 amide bonds. The zero-order chi connectivity index (χ0) is 25.2. The van der Waals surface area contributed by atoms with Gasteiger partial charge in [-0.2, -0.15) is 0 Å². The van der Waals surface area contributed by atoms with Crippen molar-refractivity contribution in [2.24, 2.45) is 0 Å². The van der Waals surface area contributed by atoms with E-state index in [1.165, 1.54) is 17.4 Å². The molecule has 2 heterocycles. The van der Waals surface area contributed by atoms with Crippen LogP contribution in [0.1, 0.15) is 22.7 Å². The van der Waals surface area contributed by atoms with Crippen LogP contribution in [0.15, 0.2) is 72.8 Å². The molecule has 1 unspecified atom stereocenters. The van der Waals surface area contributed by atoms with Crippen molar-refractivity contribution in [3.8, 4) is 22.1 Å². The van der Waals surface area contributed by atoms with Crippen molar-refractivity contribution in [2.75, 3.05) is 20.0 Å². The van der Waals surface area contributed by atoms with Gasteiger partial charge in [-0.25, -0.2) is 4.98 Å². The van der Waals surface area contributed by atoms with Crippen LogP contribution in [0.4, 0.5) is 10.8 Å². The van der Waals surface area contributed by atoms with E-state index in [4.69, 9.17) is 15.2 Å². The molecule has 9 heteroatoms. The van der Waals surface area contributed by atoms with Gasteiger partial charge >= 0.3 is 5.13 Å². The molecule has 0 aliphatic heterocycles. The van der Waals surface area contributed by atoms with E-state index in [9.17, 15) is 10.1 Å². The Labute approximate surface area is 211 Å². The predicted molar refractivity (Wildman–Crippen MR) is 141 cm³/mol. The second-order valence-corrected chi connectivity index (χ2v) is 9.44. The molecule has 0 saturated heterocycles. The molecule has 8 nitrogen and oxygen atoms in total. The Bertz CT molecular complexity index is 1510. The lowest BCUT2D eigenvalue weighted by molar-refractivity contribution is -0.385. The highest BCUT2D eigenvalue weighted by Crippen LogP contribution is 2.40. The number of nitrogens with two attached hydrogens (primary N) is 1. The standard InChI is InChI=1S/C27H24N4O4S/c1-34-20-10-7-16(8-11-20)21(14-18-13-19(31(32)33)9-12-24(18)35-2)25-26(36-27(28)30-25)23-15-17-5-3-4-6-22(17)29-23/h3-13,15,21,29H,14H2,1-2H3,(H2,28,30)/p+1. The zero-order valence-electron chi connectivity index (χ0n) is 19.8. The van der Waals surface area contributed by atoms with Crippen LogP contribution in [0, 0.1) is 10.1 Å². The zero-order valence-corrected chi connectivity index (χ0v) is 20.6. The number of para-hydroxylation sites is 1. The summed E-state index contributed by atoms with van der Waals surface area (Å²) in [6.45, 7) is 0. The molecule has 0 spiro atoms. The summed E-state index contributed by atoms with van der Waals surface area (Å²) in [6, 6.07) is 22.7. The minimum atomic E-state index is -0.393. The minimum absolute atomic E-state index is 0.0175. The summed E-state index contributed by atoms with van der Waals surface area (Å²) < 4.78 is 10.9. The molecule has 5 rings (SSSR count). The number of nitro benzene ring substituents is 1. The first-order valence-corrected chi connectivity index (χ1v) is 12.1. The molecule has 2 aromatic heterocycles. The number of H-pyrrole nitrogens is 2. The average molecular weight is 502 g/mol. The maximum atomic E-state index is 11.5. The fourth-order valence-corrected chi connectivity index (χ4v) is 5.41. The number of fused-ring (bicyclic) bond motifs is 1. The third-order valence-corrected chi connectivity index (χ3v) is 7.22. The molecule has 3 aromatic carbocycles. The summed E-state index contributed by atoms with van der Waals surface area (Å²) >= 11 is 1.47. The first-order chi connectivity index (χ1) is 17.5. The van der Waals surface area contributed by atoms with Gasteiger partial charge < -0.3 is 14.5 Å². The van der Waals surface area contributed by atoms with E-state index in [0.717, 1.165) is 44.0 Å². The summed E-state index contributed by atoms with van der Waals surface area (Å²) in [5.41, 5.74) is 11.0. The Morgan fingerprint density at radius 1 is 1.06 bits per heavy atom. The highest BCUT2D eigenvalue weighted by molar-refractivity contribution is 7.18. The summed E-state index contributed by atoms with van der Waals surface area (Å²) in [4.78, 5) is 19.0. The number of aromatic amines is 2. The van der Waals surface area contributed by atoms with Crippen molar-refractivity contribution >= 4 is 33.1 Å². The van der Waals surface area contributed by atoms with E-state index in [0.29, 0.717) is 17.3 Å². The maximum absolute atomic E-state index is 11.5. The molecular weight excluding hydrogens is 476 g/mol. The maximum Gasteiger partial charge on any atom is 0.330 e. The van der Waals surface area contributed by atoms with Gasteiger partial charge in [-0.05, 0) is 53.7 Å². The highest BCUT2D eigenvalue weighted by Gasteiger charge is 2.28. The van der Waals surface area contributed by atoms with E-state index in [1.807, 2.05) is 42.5 Å². The van der Waals surface area contributed by atoms with Gasteiger partial charge in [-0.15, -0.1) is 0 Å². The Balaban J connectivity index is 1.66. The topological polar surface area (TPSA) is 118 Å². The second-order valence-electron chi connectivity index (χ2n) is 8.39. The van der Waals surface area contributed by atoms with Crippen molar-refractivity contribution in [1.29, 1.82) is 0 Å². The van der Waals surface area contributed by atoms with Gasteiger partial charge in [0.25, 0.3) is 5.69 Å². The molecule has 36 heavy (non-hydrogen) atoms. The average Bonchev–Trinajstić information content (AvgIpc) is 3.50. The number of anilines is 1. The number of thiazole rings is 1. The number of nitrogens with one attached hydrogen (secondary N) is 2. The number of non-ortho nitro benzene ring substituents is 1. The van der Waals surface area contributed by atoms with Crippen molar-refractivity contribution < 1.29 is 19.4 Å². The van der Waals surface area contributed by atoms with Gasteiger partial charge in [-0.3, -0.25) is 15.8 Å². The van der Waals surface area contributed by atoms with Gasteiger partial charge in [0.1, 0.15) is 22.1 Å². The molecule has 0 radical (unpaired) electrons. The summed E-state index contributed by atoms with van der Waals surface area (Å²) in [5.74, 6) is 1.14. The van der Waals surface area contributed by atoms with Crippen LogP contribution in [0.3, 0.4) is 0 Å². The van der Waals surface area contributed by atoms with Crippen molar-refractivity contribution in [3.63, 3.8) is 0 Å². The van der Waals surface area contributed by atoms with Crippen LogP contribution in [0.25, 0.3) is 21.5 Å². The normalized spacial score (nSPS) is 11.9. The summed E-state index contributed by atoms with van der Waals surface area (Å²) in [5, 5.41) is 13.2. The largest absolute Gasteiger partial charge is 0.497 e. The van der Waals surface area contributed by atoms with Gasteiger partial charge in [0.2, 0.25) is 0 Å². The number of nitro groups is 1.